The van der Waals surface area contributed by atoms with Gasteiger partial charge in [-0.15, -0.1) is 0 Å². The number of aliphatic hydroxyl groups excluding tert-OH is 1. The van der Waals surface area contributed by atoms with Gasteiger partial charge < -0.3 is 14.4 Å². The monoisotopic (exact) mass is 261 g/mol. The van der Waals surface area contributed by atoms with Crippen molar-refractivity contribution in [3.05, 3.63) is 36.1 Å². The molecule has 1 N–H and O–H groups in total. The van der Waals surface area contributed by atoms with Gasteiger partial charge in [0.15, 0.2) is 0 Å². The number of carbonyl (C=O) groups excluding carboxylic acids is 1. The lowest BCUT2D eigenvalue weighted by Gasteiger charge is -2.27. The minimum atomic E-state index is -0.551. The van der Waals surface area contributed by atoms with Gasteiger partial charge in [0.1, 0.15) is 11.8 Å². The van der Waals surface area contributed by atoms with Crippen molar-refractivity contribution in [2.24, 2.45) is 0 Å². The molecular formula is C15H19NO3. The molecule has 0 spiro atoms. The SMILES string of the molecule is CC(O)CN(C(=O)c1coc2ccccc12)C(C)C. The van der Waals surface area contributed by atoms with Crippen LogP contribution in [0.15, 0.2) is 34.9 Å². The van der Waals surface area contributed by atoms with Crippen molar-refractivity contribution in [2.45, 2.75) is 32.9 Å². The molecule has 0 aliphatic heterocycles. The topological polar surface area (TPSA) is 53.7 Å². The number of hydrogen-bond donors (Lipinski definition) is 1. The van der Waals surface area contributed by atoms with E-state index in [0.717, 1.165) is 5.39 Å². The van der Waals surface area contributed by atoms with E-state index in [1.54, 1.807) is 11.8 Å². The van der Waals surface area contributed by atoms with Crippen molar-refractivity contribution in [2.75, 3.05) is 6.54 Å². The van der Waals surface area contributed by atoms with E-state index in [1.807, 2.05) is 38.1 Å². The van der Waals surface area contributed by atoms with Gasteiger partial charge in [-0.25, -0.2) is 0 Å². The first kappa shape index (κ1) is 13.6. The second-order valence-corrected chi connectivity index (χ2v) is 5.05. The summed E-state index contributed by atoms with van der Waals surface area (Å²) in [5, 5.41) is 10.3. The van der Waals surface area contributed by atoms with E-state index in [1.165, 1.54) is 6.26 Å². The number of rotatable bonds is 4. The number of amides is 1. The van der Waals surface area contributed by atoms with Gasteiger partial charge in [0.2, 0.25) is 0 Å². The molecule has 1 aromatic carbocycles. The quantitative estimate of drug-likeness (QED) is 0.920. The smallest absolute Gasteiger partial charge is 0.258 e. The Morgan fingerprint density at radius 3 is 2.63 bits per heavy atom. The molecule has 2 rings (SSSR count). The van der Waals surface area contributed by atoms with Crippen molar-refractivity contribution in [1.29, 1.82) is 0 Å². The highest BCUT2D eigenvalue weighted by molar-refractivity contribution is 6.06. The van der Waals surface area contributed by atoms with Crippen LogP contribution >= 0.6 is 0 Å². The van der Waals surface area contributed by atoms with Crippen molar-refractivity contribution in [3.8, 4) is 0 Å². The van der Waals surface area contributed by atoms with Crippen molar-refractivity contribution < 1.29 is 14.3 Å². The summed E-state index contributed by atoms with van der Waals surface area (Å²) in [7, 11) is 0. The highest BCUT2D eigenvalue weighted by Crippen LogP contribution is 2.22. The molecule has 0 saturated heterocycles. The highest BCUT2D eigenvalue weighted by Gasteiger charge is 2.23. The van der Waals surface area contributed by atoms with Crippen LogP contribution in [0.4, 0.5) is 0 Å². The van der Waals surface area contributed by atoms with E-state index in [9.17, 15) is 9.90 Å². The van der Waals surface area contributed by atoms with E-state index in [0.29, 0.717) is 17.7 Å². The molecule has 0 fully saturated rings. The molecular weight excluding hydrogens is 242 g/mol. The summed E-state index contributed by atoms with van der Waals surface area (Å²) in [6, 6.07) is 7.47. The Kier molecular flexibility index (Phi) is 3.90. The van der Waals surface area contributed by atoms with Gasteiger partial charge in [0, 0.05) is 18.0 Å². The molecule has 4 nitrogen and oxygen atoms in total. The minimum Gasteiger partial charge on any atom is -0.463 e. The predicted molar refractivity (Wildman–Crippen MR) is 74.1 cm³/mol. The molecule has 102 valence electrons. The molecule has 1 unspecified atom stereocenters. The van der Waals surface area contributed by atoms with Gasteiger partial charge in [-0.05, 0) is 26.8 Å². The van der Waals surface area contributed by atoms with Gasteiger partial charge in [-0.1, -0.05) is 18.2 Å². The lowest BCUT2D eigenvalue weighted by Crippen LogP contribution is -2.41. The molecule has 0 aliphatic carbocycles. The Balaban J connectivity index is 2.36. The zero-order valence-corrected chi connectivity index (χ0v) is 11.5. The van der Waals surface area contributed by atoms with E-state index >= 15 is 0 Å². The zero-order chi connectivity index (χ0) is 14.0. The molecule has 0 bridgehead atoms. The third-order valence-electron chi connectivity index (χ3n) is 3.06. The predicted octanol–water partition coefficient (Wildman–Crippen LogP) is 2.66. The minimum absolute atomic E-state index is 0.0239. The van der Waals surface area contributed by atoms with Gasteiger partial charge in [-0.3, -0.25) is 4.79 Å². The summed E-state index contributed by atoms with van der Waals surface area (Å²) in [4.78, 5) is 14.2. The normalized spacial score (nSPS) is 12.9. The number of para-hydroxylation sites is 1. The molecule has 2 aromatic rings. The van der Waals surface area contributed by atoms with Crippen LogP contribution in [-0.2, 0) is 0 Å². The van der Waals surface area contributed by atoms with Gasteiger partial charge in [-0.2, -0.15) is 0 Å². The van der Waals surface area contributed by atoms with Gasteiger partial charge in [0.25, 0.3) is 5.91 Å². The maximum Gasteiger partial charge on any atom is 0.258 e. The zero-order valence-electron chi connectivity index (χ0n) is 11.5. The highest BCUT2D eigenvalue weighted by atomic mass is 16.3. The summed E-state index contributed by atoms with van der Waals surface area (Å²) in [6.45, 7) is 5.86. The number of nitrogens with zero attached hydrogens (tertiary/aromatic N) is 1. The Bertz CT molecular complexity index is 572. The maximum atomic E-state index is 12.6. The molecule has 1 amide bonds. The number of carbonyl (C=O) groups is 1. The molecule has 1 aromatic heterocycles. The lowest BCUT2D eigenvalue weighted by molar-refractivity contribution is 0.0579. The summed E-state index contributed by atoms with van der Waals surface area (Å²) >= 11 is 0. The Labute approximate surface area is 112 Å². The van der Waals surface area contributed by atoms with E-state index < -0.39 is 6.10 Å². The van der Waals surface area contributed by atoms with Crippen LogP contribution in [0.1, 0.15) is 31.1 Å². The largest absolute Gasteiger partial charge is 0.463 e. The summed E-state index contributed by atoms with van der Waals surface area (Å²) in [5.41, 5.74) is 1.25. The Morgan fingerprint density at radius 2 is 2.00 bits per heavy atom. The molecule has 1 heterocycles. The van der Waals surface area contributed by atoms with Crippen LogP contribution in [0, 0.1) is 0 Å². The van der Waals surface area contributed by atoms with E-state index in [-0.39, 0.29) is 11.9 Å². The van der Waals surface area contributed by atoms with E-state index in [2.05, 4.69) is 0 Å². The standard InChI is InChI=1S/C15H19NO3/c1-10(2)16(8-11(3)17)15(18)13-9-19-14-7-5-4-6-12(13)14/h4-7,9-11,17H,8H2,1-3H3. The molecule has 19 heavy (non-hydrogen) atoms. The first-order valence-corrected chi connectivity index (χ1v) is 6.46. The Hall–Kier alpha value is -1.81. The van der Waals surface area contributed by atoms with Crippen molar-refractivity contribution in [1.82, 2.24) is 4.90 Å². The number of aliphatic hydroxyl groups is 1. The third-order valence-corrected chi connectivity index (χ3v) is 3.06. The summed E-state index contributed by atoms with van der Waals surface area (Å²) in [6.07, 6.45) is 0.939. The van der Waals surface area contributed by atoms with Crippen molar-refractivity contribution in [3.63, 3.8) is 0 Å². The fourth-order valence-corrected chi connectivity index (χ4v) is 2.11. The fraction of sp³-hybridized carbons (Fsp3) is 0.400. The van der Waals surface area contributed by atoms with Crippen LogP contribution in [0.25, 0.3) is 11.0 Å². The molecule has 1 atom stereocenters. The average Bonchev–Trinajstić information content (AvgIpc) is 2.78. The van der Waals surface area contributed by atoms with Gasteiger partial charge >= 0.3 is 0 Å². The first-order valence-electron chi connectivity index (χ1n) is 6.46. The second-order valence-electron chi connectivity index (χ2n) is 5.05. The number of fused-ring (bicyclic) bond motifs is 1. The molecule has 0 radical (unpaired) electrons. The maximum absolute atomic E-state index is 12.6. The van der Waals surface area contributed by atoms with Crippen LogP contribution in [-0.4, -0.2) is 34.6 Å². The number of furan rings is 1. The fourth-order valence-electron chi connectivity index (χ4n) is 2.11. The van der Waals surface area contributed by atoms with Gasteiger partial charge in [0.05, 0.1) is 11.7 Å². The summed E-state index contributed by atoms with van der Waals surface area (Å²) in [5.74, 6) is -0.110. The van der Waals surface area contributed by atoms with Crippen LogP contribution in [0.5, 0.6) is 0 Å². The molecule has 0 saturated carbocycles. The molecule has 4 heteroatoms. The van der Waals surface area contributed by atoms with Crippen LogP contribution in [0.3, 0.4) is 0 Å². The first-order chi connectivity index (χ1) is 9.00. The number of hydrogen-bond acceptors (Lipinski definition) is 3. The third kappa shape index (κ3) is 2.79. The van der Waals surface area contributed by atoms with E-state index in [4.69, 9.17) is 4.42 Å². The van der Waals surface area contributed by atoms with Crippen LogP contribution in [0.2, 0.25) is 0 Å². The van der Waals surface area contributed by atoms with Crippen molar-refractivity contribution >= 4 is 16.9 Å². The second kappa shape index (κ2) is 5.45. The summed E-state index contributed by atoms with van der Waals surface area (Å²) < 4.78 is 5.40. The Morgan fingerprint density at radius 1 is 1.32 bits per heavy atom. The molecule has 0 aliphatic rings. The van der Waals surface area contributed by atoms with Crippen LogP contribution < -0.4 is 0 Å². The average molecular weight is 261 g/mol. The number of benzene rings is 1. The lowest BCUT2D eigenvalue weighted by atomic mass is 10.1.